The number of hydroxylamine groups is 2. The summed E-state index contributed by atoms with van der Waals surface area (Å²) in [5, 5.41) is 10.0. The van der Waals surface area contributed by atoms with Gasteiger partial charge in [-0.05, 0) is 12.1 Å². The maximum atomic E-state index is 12.6. The Morgan fingerprint density at radius 1 is 1.17 bits per heavy atom. The molecule has 0 bridgehead atoms. The van der Waals surface area contributed by atoms with Gasteiger partial charge in [-0.2, -0.15) is 18.2 Å². The van der Waals surface area contributed by atoms with Crippen LogP contribution in [-0.2, 0) is 12.7 Å². The second kappa shape index (κ2) is 5.45. The fourth-order valence-electron chi connectivity index (χ4n) is 1.53. The lowest BCUT2D eigenvalue weighted by Gasteiger charge is -2.18. The first-order valence-electron chi connectivity index (χ1n) is 5.01. The van der Waals surface area contributed by atoms with Crippen LogP contribution in [0.25, 0.3) is 0 Å². The van der Waals surface area contributed by atoms with Gasteiger partial charge in [-0.1, -0.05) is 0 Å². The first kappa shape index (κ1) is 14.6. The Morgan fingerprint density at radius 3 is 1.89 bits per heavy atom. The molecule has 0 atom stereocenters. The fourth-order valence-corrected chi connectivity index (χ4v) is 1.53. The van der Waals surface area contributed by atoms with Gasteiger partial charge in [0.05, 0.1) is 31.9 Å². The van der Waals surface area contributed by atoms with Crippen molar-refractivity contribution in [3.8, 4) is 11.5 Å². The van der Waals surface area contributed by atoms with E-state index in [1.807, 2.05) is 0 Å². The van der Waals surface area contributed by atoms with Crippen molar-refractivity contribution in [2.24, 2.45) is 0 Å². The van der Waals surface area contributed by atoms with Crippen molar-refractivity contribution in [2.75, 3.05) is 21.3 Å². The molecule has 0 heterocycles. The van der Waals surface area contributed by atoms with E-state index >= 15 is 0 Å². The number of rotatable bonds is 4. The lowest BCUT2D eigenvalue weighted by Crippen LogP contribution is -2.15. The second-order valence-corrected chi connectivity index (χ2v) is 3.67. The Kier molecular flexibility index (Phi) is 4.42. The van der Waals surface area contributed by atoms with Gasteiger partial charge >= 0.3 is 6.18 Å². The lowest BCUT2D eigenvalue weighted by molar-refractivity contribution is -0.137. The summed E-state index contributed by atoms with van der Waals surface area (Å²) in [7, 11) is 3.89. The highest BCUT2D eigenvalue weighted by Crippen LogP contribution is 2.38. The van der Waals surface area contributed by atoms with Crippen LogP contribution in [0.15, 0.2) is 12.1 Å². The molecule has 0 saturated carbocycles. The highest BCUT2D eigenvalue weighted by atomic mass is 19.4. The third kappa shape index (κ3) is 3.27. The molecule has 1 rings (SSSR count). The molecule has 102 valence electrons. The fraction of sp³-hybridized carbons (Fsp3) is 0.455. The van der Waals surface area contributed by atoms with Crippen molar-refractivity contribution in [3.05, 3.63) is 23.3 Å². The molecular formula is C11H14F3NO3. The van der Waals surface area contributed by atoms with Gasteiger partial charge in [-0.25, -0.2) is 0 Å². The van der Waals surface area contributed by atoms with E-state index in [-0.39, 0.29) is 18.0 Å². The summed E-state index contributed by atoms with van der Waals surface area (Å²) in [4.78, 5) is 0. The number of nitrogens with zero attached hydrogens (tertiary/aromatic N) is 1. The molecule has 0 spiro atoms. The molecule has 0 aliphatic rings. The molecule has 4 nitrogen and oxygen atoms in total. The molecular weight excluding hydrogens is 251 g/mol. The monoisotopic (exact) mass is 265 g/mol. The quantitative estimate of drug-likeness (QED) is 0.849. The normalized spacial score (nSPS) is 11.8. The van der Waals surface area contributed by atoms with Gasteiger partial charge in [-0.15, -0.1) is 0 Å². The van der Waals surface area contributed by atoms with Crippen LogP contribution in [0.2, 0.25) is 0 Å². The van der Waals surface area contributed by atoms with Crippen LogP contribution in [0.5, 0.6) is 11.5 Å². The largest absolute Gasteiger partial charge is 0.496 e. The predicted molar refractivity (Wildman–Crippen MR) is 57.8 cm³/mol. The van der Waals surface area contributed by atoms with Crippen molar-refractivity contribution >= 4 is 0 Å². The third-order valence-corrected chi connectivity index (χ3v) is 2.32. The molecule has 0 unspecified atom stereocenters. The van der Waals surface area contributed by atoms with E-state index in [1.165, 1.54) is 21.3 Å². The summed E-state index contributed by atoms with van der Waals surface area (Å²) in [5.74, 6) is 0.0325. The minimum Gasteiger partial charge on any atom is -0.496 e. The number of hydrogen-bond donors (Lipinski definition) is 1. The van der Waals surface area contributed by atoms with Crippen molar-refractivity contribution in [2.45, 2.75) is 12.7 Å². The Morgan fingerprint density at radius 2 is 1.61 bits per heavy atom. The minimum absolute atomic E-state index is 0.00944. The Labute approximate surface area is 102 Å². The van der Waals surface area contributed by atoms with Gasteiger partial charge in [0.25, 0.3) is 0 Å². The molecule has 0 aliphatic carbocycles. The summed E-state index contributed by atoms with van der Waals surface area (Å²) in [6, 6.07) is 1.75. The molecule has 0 radical (unpaired) electrons. The van der Waals surface area contributed by atoms with Crippen molar-refractivity contribution in [1.82, 2.24) is 5.06 Å². The average Bonchev–Trinajstić information content (AvgIpc) is 2.26. The van der Waals surface area contributed by atoms with Gasteiger partial charge in [0.2, 0.25) is 0 Å². The van der Waals surface area contributed by atoms with E-state index in [0.717, 1.165) is 17.2 Å². The van der Waals surface area contributed by atoms with Crippen LogP contribution in [0.1, 0.15) is 11.1 Å². The summed E-state index contributed by atoms with van der Waals surface area (Å²) in [6.45, 7) is -0.00944. The molecule has 0 saturated heterocycles. The summed E-state index contributed by atoms with van der Waals surface area (Å²) >= 11 is 0. The summed E-state index contributed by atoms with van der Waals surface area (Å²) in [5.41, 5.74) is -0.515. The van der Waals surface area contributed by atoms with E-state index in [2.05, 4.69) is 0 Å². The van der Waals surface area contributed by atoms with Crippen molar-refractivity contribution < 1.29 is 27.9 Å². The standard InChI is InChI=1S/C11H14F3NO3/c1-15(16)6-8-9(17-2)4-7(11(12,13)14)5-10(8)18-3/h4-5,16H,6H2,1-3H3. The highest BCUT2D eigenvalue weighted by molar-refractivity contribution is 5.48. The lowest BCUT2D eigenvalue weighted by atomic mass is 10.1. The molecule has 0 amide bonds. The molecule has 0 aromatic heterocycles. The van der Waals surface area contributed by atoms with Crippen LogP contribution in [0, 0.1) is 0 Å². The van der Waals surface area contributed by atoms with Gasteiger partial charge in [0.15, 0.2) is 0 Å². The first-order valence-corrected chi connectivity index (χ1v) is 5.01. The number of methoxy groups -OCH3 is 2. The SMILES string of the molecule is COc1cc(C(F)(F)F)cc(OC)c1CN(C)O. The topological polar surface area (TPSA) is 41.9 Å². The Balaban J connectivity index is 3.34. The van der Waals surface area contributed by atoms with Gasteiger partial charge in [-0.3, -0.25) is 0 Å². The zero-order valence-corrected chi connectivity index (χ0v) is 10.2. The molecule has 1 N–H and O–H groups in total. The molecule has 18 heavy (non-hydrogen) atoms. The van der Waals surface area contributed by atoms with Crippen LogP contribution >= 0.6 is 0 Å². The van der Waals surface area contributed by atoms with Crippen LogP contribution in [-0.4, -0.2) is 31.5 Å². The van der Waals surface area contributed by atoms with Crippen LogP contribution < -0.4 is 9.47 Å². The molecule has 1 aromatic rings. The number of halogens is 3. The van der Waals surface area contributed by atoms with Crippen molar-refractivity contribution in [3.63, 3.8) is 0 Å². The van der Waals surface area contributed by atoms with Gasteiger partial charge < -0.3 is 14.7 Å². The third-order valence-electron chi connectivity index (χ3n) is 2.32. The highest BCUT2D eigenvalue weighted by Gasteiger charge is 2.33. The molecule has 1 aromatic carbocycles. The Bertz CT molecular complexity index is 393. The van der Waals surface area contributed by atoms with Crippen LogP contribution in [0.4, 0.5) is 13.2 Å². The summed E-state index contributed by atoms with van der Waals surface area (Å²) < 4.78 is 47.7. The van der Waals surface area contributed by atoms with E-state index in [4.69, 9.17) is 9.47 Å². The van der Waals surface area contributed by atoms with E-state index in [1.54, 1.807) is 0 Å². The van der Waals surface area contributed by atoms with E-state index in [9.17, 15) is 18.4 Å². The zero-order valence-electron chi connectivity index (χ0n) is 10.2. The molecule has 7 heteroatoms. The van der Waals surface area contributed by atoms with Gasteiger partial charge in [0, 0.05) is 7.05 Å². The Hall–Kier alpha value is -1.47. The number of alkyl halides is 3. The smallest absolute Gasteiger partial charge is 0.416 e. The predicted octanol–water partition coefficient (Wildman–Crippen LogP) is 2.54. The maximum absolute atomic E-state index is 12.6. The molecule has 0 fully saturated rings. The second-order valence-electron chi connectivity index (χ2n) is 3.67. The summed E-state index contributed by atoms with van der Waals surface area (Å²) in [6.07, 6.45) is -4.48. The van der Waals surface area contributed by atoms with Gasteiger partial charge in [0.1, 0.15) is 11.5 Å². The number of hydrogen-bond acceptors (Lipinski definition) is 4. The zero-order chi connectivity index (χ0) is 13.9. The first-order chi connectivity index (χ1) is 8.29. The van der Waals surface area contributed by atoms with E-state index < -0.39 is 11.7 Å². The minimum atomic E-state index is -4.48. The van der Waals surface area contributed by atoms with Crippen molar-refractivity contribution in [1.29, 1.82) is 0 Å². The average molecular weight is 265 g/mol. The molecule has 0 aliphatic heterocycles. The number of ether oxygens (including phenoxy) is 2. The maximum Gasteiger partial charge on any atom is 0.416 e. The van der Waals surface area contributed by atoms with E-state index in [0.29, 0.717) is 5.56 Å². The van der Waals surface area contributed by atoms with Crippen LogP contribution in [0.3, 0.4) is 0 Å². The number of benzene rings is 1.